The fourth-order valence-electron chi connectivity index (χ4n) is 2.81. The Kier molecular flexibility index (Phi) is 6.05. The van der Waals surface area contributed by atoms with Gasteiger partial charge in [0.1, 0.15) is 5.75 Å². The Balaban J connectivity index is 1.72. The van der Waals surface area contributed by atoms with E-state index >= 15 is 0 Å². The number of aryl methyl sites for hydroxylation is 1. The fourth-order valence-corrected chi connectivity index (χ4v) is 2.81. The van der Waals surface area contributed by atoms with Crippen LogP contribution in [0.5, 0.6) is 5.75 Å². The zero-order chi connectivity index (χ0) is 15.1. The molecule has 1 saturated heterocycles. The molecule has 1 aromatic rings. The first-order valence-electron chi connectivity index (χ1n) is 7.80. The normalized spacial score (nSPS) is 15.7. The minimum absolute atomic E-state index is 0.274. The molecule has 2 rings (SSSR count). The zero-order valence-electron chi connectivity index (χ0n) is 13.1. The maximum atomic E-state index is 12.2. The third-order valence-corrected chi connectivity index (χ3v) is 4.26. The van der Waals surface area contributed by atoms with E-state index in [1.807, 2.05) is 24.1 Å². The minimum atomic E-state index is 0.274. The summed E-state index contributed by atoms with van der Waals surface area (Å²) in [6.07, 6.45) is 4.62. The molecule has 4 nitrogen and oxygen atoms in total. The first-order chi connectivity index (χ1) is 10.2. The van der Waals surface area contributed by atoms with E-state index in [9.17, 15) is 4.79 Å². The summed E-state index contributed by atoms with van der Waals surface area (Å²) >= 11 is 0. The molecule has 1 aliphatic rings. The summed E-state index contributed by atoms with van der Waals surface area (Å²) in [7, 11) is 3.62. The Bertz CT molecular complexity index is 439. The van der Waals surface area contributed by atoms with Gasteiger partial charge in [0.2, 0.25) is 5.91 Å². The van der Waals surface area contributed by atoms with Gasteiger partial charge in [-0.3, -0.25) is 4.79 Å². The number of carbonyl (C=O) groups excluding carboxylic acids is 1. The molecule has 1 amide bonds. The van der Waals surface area contributed by atoms with Crippen LogP contribution in [0.25, 0.3) is 0 Å². The molecule has 0 aromatic heterocycles. The lowest BCUT2D eigenvalue weighted by molar-refractivity contribution is -0.132. The molecule has 1 N–H and O–H groups in total. The van der Waals surface area contributed by atoms with E-state index in [0.29, 0.717) is 12.5 Å². The average Bonchev–Trinajstić information content (AvgIpc) is 2.55. The van der Waals surface area contributed by atoms with Gasteiger partial charge in [0.25, 0.3) is 0 Å². The van der Waals surface area contributed by atoms with Gasteiger partial charge in [-0.2, -0.15) is 0 Å². The van der Waals surface area contributed by atoms with Crippen molar-refractivity contribution in [2.75, 3.05) is 27.2 Å². The summed E-state index contributed by atoms with van der Waals surface area (Å²) < 4.78 is 5.14. The average molecular weight is 290 g/mol. The Morgan fingerprint density at radius 1 is 1.29 bits per heavy atom. The lowest BCUT2D eigenvalue weighted by Gasteiger charge is -2.31. The number of hydrogen-bond donors (Lipinski definition) is 1. The first-order valence-corrected chi connectivity index (χ1v) is 7.80. The van der Waals surface area contributed by atoms with Gasteiger partial charge in [-0.05, 0) is 56.5 Å². The maximum Gasteiger partial charge on any atom is 0.222 e. The first kappa shape index (κ1) is 15.8. The number of methoxy groups -OCH3 is 1. The van der Waals surface area contributed by atoms with E-state index < -0.39 is 0 Å². The highest BCUT2D eigenvalue weighted by Crippen LogP contribution is 2.15. The van der Waals surface area contributed by atoms with Gasteiger partial charge in [0.15, 0.2) is 0 Å². The van der Waals surface area contributed by atoms with E-state index in [4.69, 9.17) is 4.74 Å². The van der Waals surface area contributed by atoms with Crippen LogP contribution in [0.1, 0.15) is 31.2 Å². The zero-order valence-corrected chi connectivity index (χ0v) is 13.1. The number of nitrogens with zero attached hydrogens (tertiary/aromatic N) is 1. The molecule has 21 heavy (non-hydrogen) atoms. The van der Waals surface area contributed by atoms with E-state index in [1.54, 1.807) is 7.11 Å². The summed E-state index contributed by atoms with van der Waals surface area (Å²) in [6.45, 7) is 2.04. The number of piperidine rings is 1. The Morgan fingerprint density at radius 3 is 2.57 bits per heavy atom. The molecule has 1 fully saturated rings. The summed E-state index contributed by atoms with van der Waals surface area (Å²) in [5.41, 5.74) is 1.26. The van der Waals surface area contributed by atoms with Crippen LogP contribution in [0.3, 0.4) is 0 Å². The van der Waals surface area contributed by atoms with Crippen LogP contribution in [0.15, 0.2) is 24.3 Å². The standard InChI is InChI=1S/C17H26N2O2/c1-19(15-10-12-18-13-11-15)17(20)5-3-4-14-6-8-16(21-2)9-7-14/h6-9,15,18H,3-5,10-13H2,1-2H3. The van der Waals surface area contributed by atoms with Crippen molar-refractivity contribution in [2.45, 2.75) is 38.1 Å². The van der Waals surface area contributed by atoms with E-state index in [2.05, 4.69) is 17.4 Å². The van der Waals surface area contributed by atoms with Crippen LogP contribution in [-0.4, -0.2) is 44.1 Å². The lowest BCUT2D eigenvalue weighted by Crippen LogP contribution is -2.43. The number of hydrogen-bond acceptors (Lipinski definition) is 3. The number of carbonyl (C=O) groups is 1. The minimum Gasteiger partial charge on any atom is -0.497 e. The van der Waals surface area contributed by atoms with Gasteiger partial charge in [-0.15, -0.1) is 0 Å². The van der Waals surface area contributed by atoms with Crippen LogP contribution < -0.4 is 10.1 Å². The topological polar surface area (TPSA) is 41.6 Å². The predicted octanol–water partition coefficient (Wildman–Crippen LogP) is 2.23. The molecule has 0 bridgehead atoms. The number of amides is 1. The summed E-state index contributed by atoms with van der Waals surface area (Å²) in [6, 6.07) is 8.50. The molecule has 1 heterocycles. The second-order valence-electron chi connectivity index (χ2n) is 5.69. The van der Waals surface area contributed by atoms with Crippen molar-refractivity contribution in [1.82, 2.24) is 10.2 Å². The molecule has 0 aliphatic carbocycles. The molecule has 0 atom stereocenters. The Labute approximate surface area is 127 Å². The van der Waals surface area contributed by atoms with Crippen molar-refractivity contribution in [3.05, 3.63) is 29.8 Å². The van der Waals surface area contributed by atoms with Crippen molar-refractivity contribution in [3.63, 3.8) is 0 Å². The maximum absolute atomic E-state index is 12.2. The number of nitrogens with one attached hydrogen (secondary N) is 1. The van der Waals surface area contributed by atoms with E-state index in [1.165, 1.54) is 5.56 Å². The van der Waals surface area contributed by atoms with Crippen LogP contribution in [0.4, 0.5) is 0 Å². The van der Waals surface area contributed by atoms with Gasteiger partial charge in [-0.25, -0.2) is 0 Å². The van der Waals surface area contributed by atoms with Gasteiger partial charge in [-0.1, -0.05) is 12.1 Å². The van der Waals surface area contributed by atoms with Gasteiger partial charge in [0.05, 0.1) is 7.11 Å². The molecule has 1 aromatic carbocycles. The molecule has 0 unspecified atom stereocenters. The summed E-state index contributed by atoms with van der Waals surface area (Å²) in [5, 5.41) is 3.33. The quantitative estimate of drug-likeness (QED) is 0.873. The van der Waals surface area contributed by atoms with Crippen molar-refractivity contribution in [1.29, 1.82) is 0 Å². The van der Waals surface area contributed by atoms with Crippen LogP contribution in [0.2, 0.25) is 0 Å². The Hall–Kier alpha value is -1.55. The SMILES string of the molecule is COc1ccc(CCCC(=O)N(C)C2CCNCC2)cc1. The number of ether oxygens (including phenoxy) is 1. The summed E-state index contributed by atoms with van der Waals surface area (Å²) in [4.78, 5) is 14.2. The molecule has 116 valence electrons. The van der Waals surface area contributed by atoms with Crippen LogP contribution in [0, 0.1) is 0 Å². The molecule has 0 spiro atoms. The van der Waals surface area contributed by atoms with E-state index in [-0.39, 0.29) is 5.91 Å². The van der Waals surface area contributed by atoms with Crippen molar-refractivity contribution in [2.24, 2.45) is 0 Å². The lowest BCUT2D eigenvalue weighted by atomic mass is 10.0. The third kappa shape index (κ3) is 4.74. The monoisotopic (exact) mass is 290 g/mol. The van der Waals surface area contributed by atoms with Crippen LogP contribution in [-0.2, 0) is 11.2 Å². The molecule has 1 aliphatic heterocycles. The summed E-state index contributed by atoms with van der Waals surface area (Å²) in [5.74, 6) is 1.15. The number of benzene rings is 1. The Morgan fingerprint density at radius 2 is 1.95 bits per heavy atom. The third-order valence-electron chi connectivity index (χ3n) is 4.26. The molecule has 0 saturated carbocycles. The number of rotatable bonds is 6. The molecule has 0 radical (unpaired) electrons. The van der Waals surface area contributed by atoms with Crippen molar-refractivity contribution >= 4 is 5.91 Å². The van der Waals surface area contributed by atoms with Crippen LogP contribution >= 0.6 is 0 Å². The van der Waals surface area contributed by atoms with Crippen molar-refractivity contribution < 1.29 is 9.53 Å². The van der Waals surface area contributed by atoms with Gasteiger partial charge in [0, 0.05) is 19.5 Å². The molecular formula is C17H26N2O2. The fraction of sp³-hybridized carbons (Fsp3) is 0.588. The highest BCUT2D eigenvalue weighted by Gasteiger charge is 2.21. The second kappa shape index (κ2) is 8.03. The second-order valence-corrected chi connectivity index (χ2v) is 5.69. The highest BCUT2D eigenvalue weighted by atomic mass is 16.5. The van der Waals surface area contributed by atoms with Gasteiger partial charge < -0.3 is 15.0 Å². The predicted molar refractivity (Wildman–Crippen MR) is 84.6 cm³/mol. The highest BCUT2D eigenvalue weighted by molar-refractivity contribution is 5.76. The van der Waals surface area contributed by atoms with E-state index in [0.717, 1.165) is 44.5 Å². The van der Waals surface area contributed by atoms with Crippen molar-refractivity contribution in [3.8, 4) is 5.75 Å². The largest absolute Gasteiger partial charge is 0.497 e. The molecular weight excluding hydrogens is 264 g/mol. The smallest absolute Gasteiger partial charge is 0.222 e. The van der Waals surface area contributed by atoms with Gasteiger partial charge >= 0.3 is 0 Å². The molecule has 4 heteroatoms.